The van der Waals surface area contributed by atoms with Crippen LogP contribution in [0.25, 0.3) is 10.8 Å². The Labute approximate surface area is 168 Å². The molecule has 0 atom stereocenters. The van der Waals surface area contributed by atoms with Gasteiger partial charge in [0.25, 0.3) is 5.91 Å². The Morgan fingerprint density at radius 1 is 1.14 bits per heavy atom. The quantitative estimate of drug-likeness (QED) is 0.285. The maximum Gasteiger partial charge on any atom is 0.250 e. The minimum atomic E-state index is -0.209. The van der Waals surface area contributed by atoms with Gasteiger partial charge in [0.15, 0.2) is 5.16 Å². The minimum absolute atomic E-state index is 0.199. The first-order valence-corrected chi connectivity index (χ1v) is 9.97. The minimum Gasteiger partial charge on any atom is -0.493 e. The van der Waals surface area contributed by atoms with Gasteiger partial charge in [0.05, 0.1) is 18.6 Å². The fraction of sp³-hybridized carbons (Fsp3) is 0.238. The lowest BCUT2D eigenvalue weighted by Gasteiger charge is -2.09. The van der Waals surface area contributed by atoms with Crippen LogP contribution in [0.15, 0.2) is 52.7 Å². The van der Waals surface area contributed by atoms with Crippen LogP contribution in [0.4, 0.5) is 0 Å². The predicted octanol–water partition coefficient (Wildman–Crippen LogP) is 3.89. The van der Waals surface area contributed by atoms with E-state index in [-0.39, 0.29) is 11.7 Å². The highest BCUT2D eigenvalue weighted by Crippen LogP contribution is 2.27. The van der Waals surface area contributed by atoms with Crippen LogP contribution in [0.5, 0.6) is 5.75 Å². The number of carbonyl (C=O) groups excluding carboxylic acids is 1. The van der Waals surface area contributed by atoms with Gasteiger partial charge in [-0.15, -0.1) is 0 Å². The lowest BCUT2D eigenvalue weighted by molar-refractivity contribution is -0.118. The molecule has 1 aromatic heterocycles. The number of hydrogen-bond acceptors (Lipinski definition) is 6. The summed E-state index contributed by atoms with van der Waals surface area (Å²) < 4.78 is 5.68. The summed E-state index contributed by atoms with van der Waals surface area (Å²) in [6.45, 7) is 6.38. The molecular weight excluding hydrogens is 372 g/mol. The average molecular weight is 395 g/mol. The smallest absolute Gasteiger partial charge is 0.250 e. The number of nitrogens with zero attached hydrogens (tertiary/aromatic N) is 3. The van der Waals surface area contributed by atoms with Crippen molar-refractivity contribution in [3.63, 3.8) is 0 Å². The molecule has 3 aromatic rings. The van der Waals surface area contributed by atoms with Gasteiger partial charge in [0, 0.05) is 22.3 Å². The van der Waals surface area contributed by atoms with Gasteiger partial charge in [-0.05, 0) is 44.4 Å². The van der Waals surface area contributed by atoms with Crippen LogP contribution in [0.1, 0.15) is 23.9 Å². The number of rotatable bonds is 7. The first-order valence-electron chi connectivity index (χ1n) is 8.98. The number of benzene rings is 2. The molecule has 1 N–H and O–H groups in total. The highest BCUT2D eigenvalue weighted by molar-refractivity contribution is 7.99. The molecule has 0 radical (unpaired) electrons. The van der Waals surface area contributed by atoms with Crippen LogP contribution in [-0.4, -0.2) is 34.4 Å². The van der Waals surface area contributed by atoms with E-state index < -0.39 is 0 Å². The number of aryl methyl sites for hydroxylation is 2. The topological polar surface area (TPSA) is 76.5 Å². The molecule has 6 nitrogen and oxygen atoms in total. The van der Waals surface area contributed by atoms with Crippen molar-refractivity contribution in [1.82, 2.24) is 15.4 Å². The second kappa shape index (κ2) is 9.32. The number of ether oxygens (including phenoxy) is 1. The SMILES string of the molecule is CCOc1ccc(/C=N\NC(=O)CSc2nc(C)cc(C)n2)c2ccccc12. The number of amides is 1. The zero-order chi connectivity index (χ0) is 19.9. The summed E-state index contributed by atoms with van der Waals surface area (Å²) in [7, 11) is 0. The second-order valence-corrected chi connectivity index (χ2v) is 7.09. The maximum atomic E-state index is 12.1. The molecular formula is C21H22N4O2S. The van der Waals surface area contributed by atoms with E-state index in [0.29, 0.717) is 11.8 Å². The predicted molar refractivity (Wildman–Crippen MR) is 113 cm³/mol. The first kappa shape index (κ1) is 19.8. The van der Waals surface area contributed by atoms with Crippen molar-refractivity contribution >= 4 is 34.7 Å². The third kappa shape index (κ3) is 5.07. The summed E-state index contributed by atoms with van der Waals surface area (Å²) in [6, 6.07) is 13.7. The van der Waals surface area contributed by atoms with E-state index in [1.807, 2.05) is 63.2 Å². The molecule has 7 heteroatoms. The lowest BCUT2D eigenvalue weighted by atomic mass is 10.0. The number of nitrogens with one attached hydrogen (secondary N) is 1. The molecule has 0 fully saturated rings. The molecule has 1 heterocycles. The normalized spacial score (nSPS) is 11.1. The zero-order valence-corrected chi connectivity index (χ0v) is 16.9. The van der Waals surface area contributed by atoms with Gasteiger partial charge < -0.3 is 4.74 Å². The Hall–Kier alpha value is -2.93. The number of aromatic nitrogens is 2. The van der Waals surface area contributed by atoms with Gasteiger partial charge in [0.1, 0.15) is 5.75 Å². The number of hydrogen-bond donors (Lipinski definition) is 1. The summed E-state index contributed by atoms with van der Waals surface area (Å²) in [5.41, 5.74) is 5.24. The molecule has 0 spiro atoms. The largest absolute Gasteiger partial charge is 0.493 e. The average Bonchev–Trinajstić information content (AvgIpc) is 2.67. The highest BCUT2D eigenvalue weighted by Gasteiger charge is 2.07. The molecule has 2 aromatic carbocycles. The summed E-state index contributed by atoms with van der Waals surface area (Å²) in [6.07, 6.45) is 1.65. The lowest BCUT2D eigenvalue weighted by Crippen LogP contribution is -2.19. The monoisotopic (exact) mass is 394 g/mol. The summed E-state index contributed by atoms with van der Waals surface area (Å²) in [5, 5.41) is 6.72. The van der Waals surface area contributed by atoms with Gasteiger partial charge in [-0.3, -0.25) is 4.79 Å². The van der Waals surface area contributed by atoms with Crippen molar-refractivity contribution in [2.45, 2.75) is 25.9 Å². The van der Waals surface area contributed by atoms with E-state index in [1.165, 1.54) is 11.8 Å². The van der Waals surface area contributed by atoms with Crippen LogP contribution in [-0.2, 0) is 4.79 Å². The van der Waals surface area contributed by atoms with E-state index in [4.69, 9.17) is 4.74 Å². The Bertz CT molecular complexity index is 1000. The fourth-order valence-electron chi connectivity index (χ4n) is 2.78. The van der Waals surface area contributed by atoms with Crippen molar-refractivity contribution in [1.29, 1.82) is 0 Å². The first-order chi connectivity index (χ1) is 13.6. The number of carbonyl (C=O) groups is 1. The molecule has 0 aliphatic heterocycles. The van der Waals surface area contributed by atoms with Gasteiger partial charge in [0.2, 0.25) is 0 Å². The number of hydrazone groups is 1. The number of thioether (sulfide) groups is 1. The highest BCUT2D eigenvalue weighted by atomic mass is 32.2. The summed E-state index contributed by atoms with van der Waals surface area (Å²) in [4.78, 5) is 20.7. The van der Waals surface area contributed by atoms with Crippen molar-refractivity contribution in [3.05, 3.63) is 59.4 Å². The second-order valence-electron chi connectivity index (χ2n) is 6.15. The molecule has 144 valence electrons. The van der Waals surface area contributed by atoms with E-state index in [1.54, 1.807) is 6.21 Å². The third-order valence-corrected chi connectivity index (χ3v) is 4.75. The third-order valence-electron chi connectivity index (χ3n) is 3.90. The van der Waals surface area contributed by atoms with Crippen LogP contribution in [0.3, 0.4) is 0 Å². The van der Waals surface area contributed by atoms with Crippen molar-refractivity contribution in [2.24, 2.45) is 5.10 Å². The Balaban J connectivity index is 1.64. The van der Waals surface area contributed by atoms with Gasteiger partial charge in [-0.2, -0.15) is 5.10 Å². The van der Waals surface area contributed by atoms with Crippen molar-refractivity contribution in [3.8, 4) is 5.75 Å². The molecule has 0 bridgehead atoms. The number of fused-ring (bicyclic) bond motifs is 1. The molecule has 28 heavy (non-hydrogen) atoms. The van der Waals surface area contributed by atoms with E-state index in [9.17, 15) is 4.79 Å². The molecule has 0 aliphatic rings. The van der Waals surface area contributed by atoms with E-state index in [2.05, 4.69) is 20.5 Å². The van der Waals surface area contributed by atoms with Crippen LogP contribution >= 0.6 is 11.8 Å². The molecule has 1 amide bonds. The van der Waals surface area contributed by atoms with Crippen LogP contribution < -0.4 is 10.2 Å². The summed E-state index contributed by atoms with van der Waals surface area (Å²) >= 11 is 1.29. The van der Waals surface area contributed by atoms with E-state index in [0.717, 1.165) is 33.5 Å². The molecule has 0 aliphatic carbocycles. The van der Waals surface area contributed by atoms with Crippen LogP contribution in [0.2, 0.25) is 0 Å². The fourth-order valence-corrected chi connectivity index (χ4v) is 3.52. The molecule has 0 saturated carbocycles. The zero-order valence-electron chi connectivity index (χ0n) is 16.1. The Kier molecular flexibility index (Phi) is 6.60. The van der Waals surface area contributed by atoms with Crippen molar-refractivity contribution in [2.75, 3.05) is 12.4 Å². The van der Waals surface area contributed by atoms with E-state index >= 15 is 0 Å². The van der Waals surface area contributed by atoms with Gasteiger partial charge in [-0.25, -0.2) is 15.4 Å². The van der Waals surface area contributed by atoms with Gasteiger partial charge >= 0.3 is 0 Å². The Morgan fingerprint density at radius 2 is 1.86 bits per heavy atom. The molecule has 0 saturated heterocycles. The Morgan fingerprint density at radius 3 is 2.57 bits per heavy atom. The summed E-state index contributed by atoms with van der Waals surface area (Å²) in [5.74, 6) is 0.827. The van der Waals surface area contributed by atoms with Crippen LogP contribution in [0, 0.1) is 13.8 Å². The maximum absolute atomic E-state index is 12.1. The van der Waals surface area contributed by atoms with Gasteiger partial charge in [-0.1, -0.05) is 36.0 Å². The standard InChI is InChI=1S/C21H22N4O2S/c1-4-27-19-10-9-16(17-7-5-6-8-18(17)19)12-22-25-20(26)13-28-21-23-14(2)11-15(3)24-21/h5-12H,4,13H2,1-3H3,(H,25,26)/b22-12-. The van der Waals surface area contributed by atoms with Crippen molar-refractivity contribution < 1.29 is 9.53 Å². The molecule has 0 unspecified atom stereocenters. The molecule has 3 rings (SSSR count).